The monoisotopic (exact) mass is 326 g/mol. The van der Waals surface area contributed by atoms with Crippen LogP contribution in [-0.2, 0) is 16.0 Å². The van der Waals surface area contributed by atoms with Crippen LogP contribution in [0.3, 0.4) is 0 Å². The van der Waals surface area contributed by atoms with Crippen LogP contribution >= 0.6 is 0 Å². The number of nitrogens with one attached hydrogen (secondary N) is 2. The third-order valence-electron chi connectivity index (χ3n) is 5.63. The number of amides is 2. The van der Waals surface area contributed by atoms with Crippen LogP contribution in [0.1, 0.15) is 25.0 Å². The molecule has 2 aliphatic rings. The summed E-state index contributed by atoms with van der Waals surface area (Å²) in [6, 6.07) is 8.06. The van der Waals surface area contributed by atoms with Gasteiger partial charge in [0.25, 0.3) is 0 Å². The predicted molar refractivity (Wildman–Crippen MR) is 90.2 cm³/mol. The number of para-hydroxylation sites is 1. The predicted octanol–water partition coefficient (Wildman–Crippen LogP) is 1.48. The van der Waals surface area contributed by atoms with Gasteiger partial charge in [-0.2, -0.15) is 5.10 Å². The first kappa shape index (κ1) is 15.2. The molecule has 2 heterocycles. The smallest absolute Gasteiger partial charge is 0.228 e. The van der Waals surface area contributed by atoms with Gasteiger partial charge in [0, 0.05) is 31.4 Å². The van der Waals surface area contributed by atoms with Gasteiger partial charge in [-0.15, -0.1) is 0 Å². The summed E-state index contributed by atoms with van der Waals surface area (Å²) < 4.78 is 0. The number of piperidine rings is 1. The summed E-state index contributed by atoms with van der Waals surface area (Å²) in [5.74, 6) is 1.19. The molecule has 1 aliphatic carbocycles. The van der Waals surface area contributed by atoms with E-state index in [1.54, 1.807) is 0 Å². The average Bonchev–Trinajstić information content (AvgIpc) is 3.18. The van der Waals surface area contributed by atoms with Crippen molar-refractivity contribution in [2.45, 2.75) is 31.7 Å². The quantitative estimate of drug-likeness (QED) is 0.897. The van der Waals surface area contributed by atoms with Crippen LogP contribution in [0.4, 0.5) is 0 Å². The van der Waals surface area contributed by atoms with Crippen LogP contribution in [0.5, 0.6) is 0 Å². The first-order valence-corrected chi connectivity index (χ1v) is 8.56. The van der Waals surface area contributed by atoms with Crippen LogP contribution in [0, 0.1) is 11.8 Å². The van der Waals surface area contributed by atoms with Crippen molar-refractivity contribution in [2.75, 3.05) is 13.6 Å². The summed E-state index contributed by atoms with van der Waals surface area (Å²) in [5, 5.41) is 11.2. The average molecular weight is 326 g/mol. The molecule has 6 heteroatoms. The van der Waals surface area contributed by atoms with Crippen LogP contribution in [0.15, 0.2) is 24.3 Å². The van der Waals surface area contributed by atoms with E-state index in [4.69, 9.17) is 0 Å². The number of carbonyl (C=O) groups is 2. The lowest BCUT2D eigenvalue weighted by Crippen LogP contribution is -2.38. The topological polar surface area (TPSA) is 78.1 Å². The lowest BCUT2D eigenvalue weighted by atomic mass is 9.89. The maximum atomic E-state index is 12.7. The molecule has 24 heavy (non-hydrogen) atoms. The number of benzene rings is 1. The Balaban J connectivity index is 1.44. The normalized spacial score (nSPS) is 26.2. The highest BCUT2D eigenvalue weighted by atomic mass is 16.2. The summed E-state index contributed by atoms with van der Waals surface area (Å²) in [5.41, 5.74) is 1.76. The van der Waals surface area contributed by atoms with Crippen molar-refractivity contribution in [3.63, 3.8) is 0 Å². The molecule has 126 valence electrons. The molecule has 3 atom stereocenters. The van der Waals surface area contributed by atoms with Crippen LogP contribution in [-0.4, -0.2) is 46.5 Å². The van der Waals surface area contributed by atoms with Gasteiger partial charge in [-0.3, -0.25) is 14.7 Å². The van der Waals surface area contributed by atoms with Gasteiger partial charge in [0.2, 0.25) is 11.8 Å². The Morgan fingerprint density at radius 1 is 1.29 bits per heavy atom. The molecule has 2 amide bonds. The number of rotatable bonds is 3. The minimum atomic E-state index is 0.104. The third kappa shape index (κ3) is 2.66. The highest BCUT2D eigenvalue weighted by molar-refractivity contribution is 5.87. The highest BCUT2D eigenvalue weighted by Gasteiger charge is 2.40. The van der Waals surface area contributed by atoms with E-state index >= 15 is 0 Å². The maximum Gasteiger partial charge on any atom is 0.228 e. The van der Waals surface area contributed by atoms with E-state index in [0.29, 0.717) is 24.7 Å². The van der Waals surface area contributed by atoms with Crippen molar-refractivity contribution in [3.05, 3.63) is 30.0 Å². The molecule has 2 aromatic rings. The van der Waals surface area contributed by atoms with E-state index in [2.05, 4.69) is 15.5 Å². The zero-order chi connectivity index (χ0) is 16.7. The Hall–Kier alpha value is -2.37. The molecule has 0 spiro atoms. The van der Waals surface area contributed by atoms with Gasteiger partial charge in [0.05, 0.1) is 17.6 Å². The number of carbonyl (C=O) groups excluding carboxylic acids is 2. The molecule has 1 saturated heterocycles. The van der Waals surface area contributed by atoms with Crippen LogP contribution in [0.25, 0.3) is 10.9 Å². The van der Waals surface area contributed by atoms with Crippen molar-refractivity contribution in [1.29, 1.82) is 0 Å². The van der Waals surface area contributed by atoms with E-state index in [0.717, 1.165) is 36.0 Å². The molecule has 4 rings (SSSR count). The largest absolute Gasteiger partial charge is 0.356 e. The number of fused-ring (bicyclic) bond motifs is 2. The standard InChI is InChI=1S/C18H22N4O2/c1-22(13-6-11-8-17(23)19-10-12(11)7-13)18(24)9-16-14-4-2-3-5-15(14)20-21-16/h2-5,11-13H,6-10H2,1H3,(H,19,23)(H,20,21)/t11-,12+,13-/m1/s1. The van der Waals surface area contributed by atoms with Crippen molar-refractivity contribution in [1.82, 2.24) is 20.4 Å². The van der Waals surface area contributed by atoms with Gasteiger partial charge in [0.15, 0.2) is 0 Å². The zero-order valence-corrected chi connectivity index (χ0v) is 13.8. The zero-order valence-electron chi connectivity index (χ0n) is 13.8. The van der Waals surface area contributed by atoms with Crippen LogP contribution in [0.2, 0.25) is 0 Å². The number of aromatic amines is 1. The van der Waals surface area contributed by atoms with Crippen LogP contribution < -0.4 is 5.32 Å². The highest BCUT2D eigenvalue weighted by Crippen LogP contribution is 2.38. The second-order valence-electron chi connectivity index (χ2n) is 7.05. The Bertz CT molecular complexity index is 784. The number of nitrogens with zero attached hydrogens (tertiary/aromatic N) is 2. The molecule has 1 aromatic heterocycles. The Morgan fingerprint density at radius 2 is 2.08 bits per heavy atom. The summed E-state index contributed by atoms with van der Waals surface area (Å²) in [7, 11) is 1.89. The van der Waals surface area contributed by atoms with Gasteiger partial charge in [-0.25, -0.2) is 0 Å². The fourth-order valence-corrected chi connectivity index (χ4v) is 4.18. The van der Waals surface area contributed by atoms with E-state index in [-0.39, 0.29) is 17.9 Å². The fourth-order valence-electron chi connectivity index (χ4n) is 4.18. The Labute approximate surface area is 140 Å². The Morgan fingerprint density at radius 3 is 2.96 bits per heavy atom. The molecular weight excluding hydrogens is 304 g/mol. The summed E-state index contributed by atoms with van der Waals surface area (Å²) in [6.45, 7) is 0.757. The number of aromatic nitrogens is 2. The number of likely N-dealkylation sites (N-methyl/N-ethyl adjacent to an activating group) is 1. The van der Waals surface area contributed by atoms with Gasteiger partial charge >= 0.3 is 0 Å². The first-order chi connectivity index (χ1) is 11.6. The molecule has 0 unspecified atom stereocenters. The summed E-state index contributed by atoms with van der Waals surface area (Å²) in [6.07, 6.45) is 2.86. The van der Waals surface area contributed by atoms with Crippen molar-refractivity contribution >= 4 is 22.7 Å². The van der Waals surface area contributed by atoms with E-state index in [1.165, 1.54) is 0 Å². The number of hydrogen-bond acceptors (Lipinski definition) is 3. The molecule has 6 nitrogen and oxygen atoms in total. The van der Waals surface area contributed by atoms with Crippen molar-refractivity contribution < 1.29 is 9.59 Å². The van der Waals surface area contributed by atoms with E-state index in [9.17, 15) is 9.59 Å². The molecule has 2 N–H and O–H groups in total. The minimum absolute atomic E-state index is 0.104. The van der Waals surface area contributed by atoms with Crippen molar-refractivity contribution in [3.8, 4) is 0 Å². The lowest BCUT2D eigenvalue weighted by Gasteiger charge is -2.24. The number of H-pyrrole nitrogens is 1. The Kier molecular flexibility index (Phi) is 3.75. The second kappa shape index (κ2) is 5.92. The molecule has 1 saturated carbocycles. The molecule has 1 aliphatic heterocycles. The lowest BCUT2D eigenvalue weighted by molar-refractivity contribution is -0.131. The molecular formula is C18H22N4O2. The molecule has 2 fully saturated rings. The molecule has 1 aromatic carbocycles. The summed E-state index contributed by atoms with van der Waals surface area (Å²) in [4.78, 5) is 26.1. The SMILES string of the molecule is CN(C(=O)Cc1[nH]nc2ccccc12)[C@H]1C[C@H]2CNC(=O)C[C@H]2C1. The maximum absolute atomic E-state index is 12.7. The third-order valence-corrected chi connectivity index (χ3v) is 5.63. The minimum Gasteiger partial charge on any atom is -0.356 e. The van der Waals surface area contributed by atoms with E-state index in [1.807, 2.05) is 36.2 Å². The molecule has 0 radical (unpaired) electrons. The number of hydrogen-bond donors (Lipinski definition) is 2. The van der Waals surface area contributed by atoms with Gasteiger partial charge in [-0.05, 0) is 30.7 Å². The fraction of sp³-hybridized carbons (Fsp3) is 0.500. The summed E-state index contributed by atoms with van der Waals surface area (Å²) >= 11 is 0. The van der Waals surface area contributed by atoms with Gasteiger partial charge in [0.1, 0.15) is 0 Å². The van der Waals surface area contributed by atoms with Crippen molar-refractivity contribution in [2.24, 2.45) is 11.8 Å². The first-order valence-electron chi connectivity index (χ1n) is 8.56. The van der Waals surface area contributed by atoms with Gasteiger partial charge < -0.3 is 10.2 Å². The van der Waals surface area contributed by atoms with Gasteiger partial charge in [-0.1, -0.05) is 18.2 Å². The molecule has 0 bridgehead atoms. The second-order valence-corrected chi connectivity index (χ2v) is 7.05. The van der Waals surface area contributed by atoms with E-state index < -0.39 is 0 Å².